The third-order valence-corrected chi connectivity index (χ3v) is 4.15. The van der Waals surface area contributed by atoms with E-state index < -0.39 is 0 Å². The molecule has 0 aliphatic carbocycles. The quantitative estimate of drug-likeness (QED) is 0.767. The highest BCUT2D eigenvalue weighted by Crippen LogP contribution is 2.28. The number of thiazole rings is 1. The highest BCUT2D eigenvalue weighted by atomic mass is 32.1. The number of rotatable bonds is 8. The maximum absolute atomic E-state index is 11.9. The molecular formula is C17H23N3O3S. The number of benzene rings is 1. The molecule has 0 bridgehead atoms. The van der Waals surface area contributed by atoms with Crippen LogP contribution < -0.4 is 20.1 Å². The van der Waals surface area contributed by atoms with Crippen molar-refractivity contribution < 1.29 is 14.3 Å². The van der Waals surface area contributed by atoms with E-state index in [1.54, 1.807) is 24.6 Å². The second-order valence-corrected chi connectivity index (χ2v) is 6.53. The maximum atomic E-state index is 11.9. The number of ether oxygens (including phenoxy) is 2. The first-order chi connectivity index (χ1) is 11.6. The molecule has 7 heteroatoms. The van der Waals surface area contributed by atoms with E-state index >= 15 is 0 Å². The smallest absolute Gasteiger partial charge is 0.315 e. The van der Waals surface area contributed by atoms with Gasteiger partial charge in [-0.05, 0) is 31.0 Å². The van der Waals surface area contributed by atoms with Gasteiger partial charge in [0.1, 0.15) is 0 Å². The van der Waals surface area contributed by atoms with E-state index in [9.17, 15) is 4.79 Å². The van der Waals surface area contributed by atoms with Gasteiger partial charge in [-0.25, -0.2) is 9.78 Å². The minimum atomic E-state index is -0.216. The summed E-state index contributed by atoms with van der Waals surface area (Å²) < 4.78 is 11.0. The zero-order chi connectivity index (χ0) is 17.4. The summed E-state index contributed by atoms with van der Waals surface area (Å²) in [6.45, 7) is 5.53. The van der Waals surface area contributed by atoms with Crippen LogP contribution in [0.3, 0.4) is 0 Å². The number of carbonyl (C=O) groups is 1. The number of hydrogen-bond donors (Lipinski definition) is 2. The minimum Gasteiger partial charge on any atom is -0.493 e. The van der Waals surface area contributed by atoms with Gasteiger partial charge in [-0.2, -0.15) is 0 Å². The van der Waals surface area contributed by atoms with E-state index in [1.165, 1.54) is 0 Å². The van der Waals surface area contributed by atoms with E-state index in [0.717, 1.165) is 21.9 Å². The Labute approximate surface area is 146 Å². The normalized spacial score (nSPS) is 10.3. The molecule has 24 heavy (non-hydrogen) atoms. The van der Waals surface area contributed by atoms with Gasteiger partial charge in [0.25, 0.3) is 0 Å². The first-order valence-corrected chi connectivity index (χ1v) is 8.66. The van der Waals surface area contributed by atoms with Crippen molar-refractivity contribution in [3.05, 3.63) is 39.8 Å². The topological polar surface area (TPSA) is 72.5 Å². The van der Waals surface area contributed by atoms with Crippen LogP contribution in [0.1, 0.15) is 28.8 Å². The van der Waals surface area contributed by atoms with E-state index in [2.05, 4.69) is 22.5 Å². The number of nitrogens with one attached hydrogen (secondary N) is 2. The molecule has 2 N–H and O–H groups in total. The van der Waals surface area contributed by atoms with Crippen LogP contribution in [0.15, 0.2) is 24.4 Å². The van der Waals surface area contributed by atoms with Gasteiger partial charge in [0.15, 0.2) is 11.5 Å². The van der Waals surface area contributed by atoms with Crippen molar-refractivity contribution in [1.82, 2.24) is 15.6 Å². The molecule has 0 aliphatic heterocycles. The average molecular weight is 349 g/mol. The number of hydrogen-bond acceptors (Lipinski definition) is 5. The predicted molar refractivity (Wildman–Crippen MR) is 94.7 cm³/mol. The zero-order valence-corrected chi connectivity index (χ0v) is 15.0. The van der Waals surface area contributed by atoms with E-state index in [1.807, 2.05) is 25.1 Å². The first kappa shape index (κ1) is 18.1. The van der Waals surface area contributed by atoms with Crippen molar-refractivity contribution in [3.8, 4) is 11.5 Å². The molecule has 2 aromatic rings. The fourth-order valence-corrected chi connectivity index (χ4v) is 2.79. The Morgan fingerprint density at radius 3 is 2.71 bits per heavy atom. The van der Waals surface area contributed by atoms with Crippen LogP contribution in [0.2, 0.25) is 0 Å². The van der Waals surface area contributed by atoms with Crippen LogP contribution in [-0.4, -0.2) is 24.7 Å². The van der Waals surface area contributed by atoms with Gasteiger partial charge in [0, 0.05) is 17.6 Å². The van der Waals surface area contributed by atoms with Crippen molar-refractivity contribution in [2.45, 2.75) is 33.4 Å². The monoisotopic (exact) mass is 349 g/mol. The van der Waals surface area contributed by atoms with Crippen molar-refractivity contribution in [3.63, 3.8) is 0 Å². The van der Waals surface area contributed by atoms with Crippen LogP contribution in [0.4, 0.5) is 4.79 Å². The summed E-state index contributed by atoms with van der Waals surface area (Å²) in [6, 6.07) is 5.44. The Balaban J connectivity index is 1.83. The van der Waals surface area contributed by atoms with Crippen LogP contribution >= 0.6 is 11.3 Å². The fraction of sp³-hybridized carbons (Fsp3) is 0.412. The number of nitrogens with zero attached hydrogens (tertiary/aromatic N) is 1. The van der Waals surface area contributed by atoms with Crippen molar-refractivity contribution in [2.75, 3.05) is 13.7 Å². The summed E-state index contributed by atoms with van der Waals surface area (Å²) in [7, 11) is 1.61. The lowest BCUT2D eigenvalue weighted by atomic mass is 10.2. The first-order valence-electron chi connectivity index (χ1n) is 7.85. The lowest BCUT2D eigenvalue weighted by Gasteiger charge is -2.12. The van der Waals surface area contributed by atoms with Gasteiger partial charge in [-0.1, -0.05) is 13.0 Å². The average Bonchev–Trinajstić information content (AvgIpc) is 3.02. The largest absolute Gasteiger partial charge is 0.493 e. The summed E-state index contributed by atoms with van der Waals surface area (Å²) >= 11 is 1.57. The molecule has 1 aromatic carbocycles. The summed E-state index contributed by atoms with van der Waals surface area (Å²) in [5.74, 6) is 1.39. The molecule has 2 amide bonds. The molecule has 130 valence electrons. The predicted octanol–water partition coefficient (Wildman–Crippen LogP) is 3.25. The molecule has 0 atom stereocenters. The van der Waals surface area contributed by atoms with Crippen LogP contribution in [0.5, 0.6) is 11.5 Å². The molecule has 0 fully saturated rings. The van der Waals surface area contributed by atoms with Gasteiger partial charge in [-0.15, -0.1) is 11.3 Å². The van der Waals surface area contributed by atoms with Crippen molar-refractivity contribution >= 4 is 17.4 Å². The highest BCUT2D eigenvalue weighted by Gasteiger charge is 2.07. The van der Waals surface area contributed by atoms with E-state index in [0.29, 0.717) is 31.2 Å². The van der Waals surface area contributed by atoms with Crippen molar-refractivity contribution in [1.29, 1.82) is 0 Å². The zero-order valence-electron chi connectivity index (χ0n) is 14.2. The molecule has 0 unspecified atom stereocenters. The lowest BCUT2D eigenvalue weighted by Crippen LogP contribution is -2.34. The van der Waals surface area contributed by atoms with Crippen LogP contribution in [0, 0.1) is 6.92 Å². The molecule has 6 nitrogen and oxygen atoms in total. The van der Waals surface area contributed by atoms with Gasteiger partial charge < -0.3 is 20.1 Å². The summed E-state index contributed by atoms with van der Waals surface area (Å²) in [5.41, 5.74) is 0.944. The third kappa shape index (κ3) is 5.42. The Bertz CT molecular complexity index is 673. The third-order valence-electron chi connectivity index (χ3n) is 3.24. The fourth-order valence-electron chi connectivity index (χ4n) is 2.05. The SMILES string of the molecule is CCCOc1ccc(CNC(=O)NCc2cnc(C)s2)cc1OC. The Morgan fingerprint density at radius 2 is 2.04 bits per heavy atom. The number of methoxy groups -OCH3 is 1. The van der Waals surface area contributed by atoms with Gasteiger partial charge in [0.05, 0.1) is 25.3 Å². The molecule has 0 spiro atoms. The van der Waals surface area contributed by atoms with Gasteiger partial charge >= 0.3 is 6.03 Å². The molecule has 0 radical (unpaired) electrons. The number of carbonyl (C=O) groups excluding carboxylic acids is 1. The highest BCUT2D eigenvalue weighted by molar-refractivity contribution is 7.11. The summed E-state index contributed by atoms with van der Waals surface area (Å²) in [5, 5.41) is 6.63. The van der Waals surface area contributed by atoms with Crippen molar-refractivity contribution in [2.24, 2.45) is 0 Å². The van der Waals surface area contributed by atoms with Gasteiger partial charge in [-0.3, -0.25) is 0 Å². The molecular weight excluding hydrogens is 326 g/mol. The molecule has 0 saturated heterocycles. The standard InChI is InChI=1S/C17H23N3O3S/c1-4-7-23-15-6-5-13(8-16(15)22-3)9-19-17(21)20-11-14-10-18-12(2)24-14/h5-6,8,10H,4,7,9,11H2,1-3H3,(H2,19,20,21). The molecule has 1 aromatic heterocycles. The summed E-state index contributed by atoms with van der Waals surface area (Å²) in [6.07, 6.45) is 2.71. The molecule has 2 rings (SSSR count). The maximum Gasteiger partial charge on any atom is 0.315 e. The summed E-state index contributed by atoms with van der Waals surface area (Å²) in [4.78, 5) is 17.1. The second kappa shape index (κ2) is 9.12. The van der Waals surface area contributed by atoms with Crippen LogP contribution in [0.25, 0.3) is 0 Å². The Morgan fingerprint density at radius 1 is 1.25 bits per heavy atom. The number of aryl methyl sites for hydroxylation is 1. The number of aromatic nitrogens is 1. The van der Waals surface area contributed by atoms with E-state index in [-0.39, 0.29) is 6.03 Å². The van der Waals surface area contributed by atoms with Gasteiger partial charge in [0.2, 0.25) is 0 Å². The molecule has 1 heterocycles. The van der Waals surface area contributed by atoms with E-state index in [4.69, 9.17) is 9.47 Å². The Kier molecular flexibility index (Phi) is 6.87. The second-order valence-electron chi connectivity index (χ2n) is 5.22. The minimum absolute atomic E-state index is 0.216. The Hall–Kier alpha value is -2.28. The molecule has 0 saturated carbocycles. The lowest BCUT2D eigenvalue weighted by molar-refractivity contribution is 0.240. The number of amides is 2. The molecule has 0 aliphatic rings. The number of urea groups is 1. The van der Waals surface area contributed by atoms with Crippen LogP contribution in [-0.2, 0) is 13.1 Å².